The van der Waals surface area contributed by atoms with Crippen molar-refractivity contribution in [2.75, 3.05) is 13.7 Å². The molecule has 0 aliphatic rings. The second-order valence-corrected chi connectivity index (χ2v) is 4.46. The van der Waals surface area contributed by atoms with Crippen LogP contribution in [0.2, 0.25) is 0 Å². The number of benzene rings is 1. The maximum absolute atomic E-state index is 10.9. The van der Waals surface area contributed by atoms with E-state index in [4.69, 9.17) is 4.74 Å². The normalized spacial score (nSPS) is 12.2. The number of nitrogens with zero attached hydrogens (tertiary/aromatic N) is 1. The van der Waals surface area contributed by atoms with E-state index in [1.807, 2.05) is 6.07 Å². The van der Waals surface area contributed by atoms with E-state index in [2.05, 4.69) is 19.2 Å². The first-order valence-corrected chi connectivity index (χ1v) is 6.67. The number of ether oxygens (including phenoxy) is 1. The van der Waals surface area contributed by atoms with Gasteiger partial charge >= 0.3 is 5.69 Å². The van der Waals surface area contributed by atoms with Crippen LogP contribution in [0.15, 0.2) is 18.2 Å². The zero-order valence-electron chi connectivity index (χ0n) is 11.8. The molecule has 106 valence electrons. The van der Waals surface area contributed by atoms with E-state index in [9.17, 15) is 10.1 Å². The van der Waals surface area contributed by atoms with Gasteiger partial charge in [-0.1, -0.05) is 19.9 Å². The van der Waals surface area contributed by atoms with Crippen molar-refractivity contribution in [3.8, 4) is 5.75 Å². The molecule has 0 saturated heterocycles. The lowest BCUT2D eigenvalue weighted by atomic mass is 10.0. The van der Waals surface area contributed by atoms with Crippen molar-refractivity contribution in [2.24, 2.45) is 0 Å². The van der Waals surface area contributed by atoms with Gasteiger partial charge in [-0.2, -0.15) is 0 Å². The highest BCUT2D eigenvalue weighted by atomic mass is 16.6. The molecule has 1 unspecified atom stereocenters. The molecular weight excluding hydrogens is 244 g/mol. The highest BCUT2D eigenvalue weighted by molar-refractivity contribution is 5.48. The molecule has 5 nitrogen and oxygen atoms in total. The van der Waals surface area contributed by atoms with Gasteiger partial charge in [-0.15, -0.1) is 0 Å². The highest BCUT2D eigenvalue weighted by Crippen LogP contribution is 2.28. The maximum Gasteiger partial charge on any atom is 0.311 e. The Hall–Kier alpha value is -1.62. The van der Waals surface area contributed by atoms with E-state index < -0.39 is 4.92 Å². The molecule has 1 aromatic rings. The molecule has 1 atom stereocenters. The second-order valence-electron chi connectivity index (χ2n) is 4.46. The van der Waals surface area contributed by atoms with Gasteiger partial charge in [0.15, 0.2) is 5.75 Å². The van der Waals surface area contributed by atoms with Gasteiger partial charge in [0.25, 0.3) is 0 Å². The number of nitrogens with one attached hydrogen (secondary N) is 1. The molecule has 0 heterocycles. The molecule has 0 saturated carbocycles. The quantitative estimate of drug-likeness (QED) is 0.580. The second kappa shape index (κ2) is 7.74. The Bertz CT molecular complexity index is 421. The summed E-state index contributed by atoms with van der Waals surface area (Å²) in [7, 11) is 1.44. The minimum Gasteiger partial charge on any atom is -0.490 e. The number of aryl methyl sites for hydroxylation is 1. The van der Waals surface area contributed by atoms with Gasteiger partial charge in [0, 0.05) is 12.1 Å². The molecule has 19 heavy (non-hydrogen) atoms. The summed E-state index contributed by atoms with van der Waals surface area (Å²) in [6.07, 6.45) is 2.87. The largest absolute Gasteiger partial charge is 0.490 e. The van der Waals surface area contributed by atoms with Crippen molar-refractivity contribution in [1.29, 1.82) is 0 Å². The summed E-state index contributed by atoms with van der Waals surface area (Å²) in [5, 5.41) is 14.3. The van der Waals surface area contributed by atoms with Crippen LogP contribution < -0.4 is 10.1 Å². The van der Waals surface area contributed by atoms with Gasteiger partial charge in [0.2, 0.25) is 0 Å². The average Bonchev–Trinajstić information content (AvgIpc) is 2.43. The van der Waals surface area contributed by atoms with Gasteiger partial charge in [-0.3, -0.25) is 10.1 Å². The van der Waals surface area contributed by atoms with Crippen LogP contribution in [-0.4, -0.2) is 24.6 Å². The fraction of sp³-hybridized carbons (Fsp3) is 0.571. The zero-order chi connectivity index (χ0) is 14.3. The fourth-order valence-corrected chi connectivity index (χ4v) is 2.11. The first-order chi connectivity index (χ1) is 9.12. The summed E-state index contributed by atoms with van der Waals surface area (Å²) in [5.74, 6) is 0.312. The smallest absolute Gasteiger partial charge is 0.311 e. The maximum atomic E-state index is 10.9. The van der Waals surface area contributed by atoms with Gasteiger partial charge < -0.3 is 10.1 Å². The number of nitro benzene ring substituents is 1. The molecule has 0 aliphatic heterocycles. The van der Waals surface area contributed by atoms with E-state index in [0.29, 0.717) is 11.8 Å². The van der Waals surface area contributed by atoms with E-state index >= 15 is 0 Å². The van der Waals surface area contributed by atoms with Gasteiger partial charge in [0.05, 0.1) is 12.0 Å². The lowest BCUT2D eigenvalue weighted by Crippen LogP contribution is -2.28. The van der Waals surface area contributed by atoms with Crippen LogP contribution in [-0.2, 0) is 6.42 Å². The third-order valence-electron chi connectivity index (χ3n) is 3.21. The van der Waals surface area contributed by atoms with Crippen LogP contribution in [0.25, 0.3) is 0 Å². The Balaban J connectivity index is 2.74. The van der Waals surface area contributed by atoms with Crippen molar-refractivity contribution in [1.82, 2.24) is 5.32 Å². The Morgan fingerprint density at radius 3 is 2.68 bits per heavy atom. The summed E-state index contributed by atoms with van der Waals surface area (Å²) >= 11 is 0. The SMILES string of the molecule is CCNC(CC)CCc1ccc(OC)c([N+](=O)[O-])c1. The predicted octanol–water partition coefficient (Wildman–Crippen LogP) is 2.92. The molecule has 0 radical (unpaired) electrons. The van der Waals surface area contributed by atoms with Crippen molar-refractivity contribution in [3.05, 3.63) is 33.9 Å². The fourth-order valence-electron chi connectivity index (χ4n) is 2.11. The Kier molecular flexibility index (Phi) is 6.29. The summed E-state index contributed by atoms with van der Waals surface area (Å²) < 4.78 is 4.99. The minimum atomic E-state index is -0.399. The molecule has 0 amide bonds. The summed E-state index contributed by atoms with van der Waals surface area (Å²) in [5.41, 5.74) is 1.01. The van der Waals surface area contributed by atoms with Crippen molar-refractivity contribution in [2.45, 2.75) is 39.2 Å². The zero-order valence-corrected chi connectivity index (χ0v) is 11.8. The van der Waals surface area contributed by atoms with Crippen molar-refractivity contribution >= 4 is 5.69 Å². The molecule has 0 spiro atoms. The van der Waals surface area contributed by atoms with Crippen LogP contribution in [0.5, 0.6) is 5.75 Å². The van der Waals surface area contributed by atoms with Crippen LogP contribution in [0.4, 0.5) is 5.69 Å². The number of rotatable bonds is 8. The Morgan fingerprint density at radius 1 is 1.42 bits per heavy atom. The molecule has 1 rings (SSSR count). The molecule has 0 aliphatic carbocycles. The molecular formula is C14H22N2O3. The van der Waals surface area contributed by atoms with Gasteiger partial charge in [-0.25, -0.2) is 0 Å². The number of hydrogen-bond acceptors (Lipinski definition) is 4. The number of methoxy groups -OCH3 is 1. The van der Waals surface area contributed by atoms with Crippen molar-refractivity contribution < 1.29 is 9.66 Å². The lowest BCUT2D eigenvalue weighted by Gasteiger charge is -2.15. The van der Waals surface area contributed by atoms with Crippen molar-refractivity contribution in [3.63, 3.8) is 0 Å². The molecule has 0 bridgehead atoms. The highest BCUT2D eigenvalue weighted by Gasteiger charge is 2.15. The average molecular weight is 266 g/mol. The predicted molar refractivity (Wildman–Crippen MR) is 75.7 cm³/mol. The first-order valence-electron chi connectivity index (χ1n) is 6.67. The summed E-state index contributed by atoms with van der Waals surface area (Å²) in [6.45, 7) is 5.17. The Morgan fingerprint density at radius 2 is 2.16 bits per heavy atom. The number of hydrogen-bond donors (Lipinski definition) is 1. The standard InChI is InChI=1S/C14H22N2O3/c1-4-12(15-5-2)8-6-11-7-9-14(19-3)13(10-11)16(17)18/h7,9-10,12,15H,4-6,8H2,1-3H3. The van der Waals surface area contributed by atoms with Crippen LogP contribution >= 0.6 is 0 Å². The first kappa shape index (κ1) is 15.4. The molecule has 1 aromatic carbocycles. The summed E-state index contributed by atoms with van der Waals surface area (Å²) in [6, 6.07) is 5.63. The molecule has 0 aromatic heterocycles. The Labute approximate surface area is 114 Å². The number of nitro groups is 1. The van der Waals surface area contributed by atoms with Gasteiger partial charge in [-0.05, 0) is 37.4 Å². The lowest BCUT2D eigenvalue weighted by molar-refractivity contribution is -0.385. The molecule has 5 heteroatoms. The minimum absolute atomic E-state index is 0.0384. The molecule has 1 N–H and O–H groups in total. The van der Waals surface area contributed by atoms with E-state index in [-0.39, 0.29) is 5.69 Å². The van der Waals surface area contributed by atoms with Crippen LogP contribution in [0.1, 0.15) is 32.3 Å². The topological polar surface area (TPSA) is 64.4 Å². The van der Waals surface area contributed by atoms with Gasteiger partial charge in [0.1, 0.15) is 0 Å². The van der Waals surface area contributed by atoms with Crippen LogP contribution in [0, 0.1) is 10.1 Å². The third-order valence-corrected chi connectivity index (χ3v) is 3.21. The monoisotopic (exact) mass is 266 g/mol. The van der Waals surface area contributed by atoms with Crippen LogP contribution in [0.3, 0.4) is 0 Å². The van der Waals surface area contributed by atoms with E-state index in [0.717, 1.165) is 31.4 Å². The summed E-state index contributed by atoms with van der Waals surface area (Å²) in [4.78, 5) is 10.5. The third kappa shape index (κ3) is 4.52. The molecule has 0 fully saturated rings. The van der Waals surface area contributed by atoms with E-state index in [1.165, 1.54) is 7.11 Å². The van der Waals surface area contributed by atoms with E-state index in [1.54, 1.807) is 12.1 Å².